The van der Waals surface area contributed by atoms with Crippen molar-refractivity contribution in [1.29, 1.82) is 0 Å². The van der Waals surface area contributed by atoms with E-state index in [0.717, 1.165) is 11.3 Å². The number of ether oxygens (including phenoxy) is 1. The van der Waals surface area contributed by atoms with Crippen LogP contribution in [0, 0.1) is 6.92 Å². The van der Waals surface area contributed by atoms with Gasteiger partial charge in [0.2, 0.25) is 0 Å². The standard InChI is InChI=1S/C16H22O/c1-7-17-14(6)15-9-8-12(4)16(10-15)13(5)11(2)3/h8-10H,6-7H2,1-5H3. The minimum absolute atomic E-state index is 0.656. The van der Waals surface area contributed by atoms with E-state index >= 15 is 0 Å². The molecule has 0 amide bonds. The summed E-state index contributed by atoms with van der Waals surface area (Å²) in [4.78, 5) is 0. The molecular weight excluding hydrogens is 208 g/mol. The SMILES string of the molecule is C=C(OCC)c1ccc(C)c(C(C)=C(C)C)c1. The molecule has 0 saturated heterocycles. The van der Waals surface area contributed by atoms with Crippen molar-refractivity contribution in [2.75, 3.05) is 6.61 Å². The Kier molecular flexibility index (Phi) is 4.56. The number of rotatable bonds is 4. The molecule has 0 aliphatic rings. The van der Waals surface area contributed by atoms with Gasteiger partial charge < -0.3 is 4.74 Å². The van der Waals surface area contributed by atoms with Gasteiger partial charge in [0, 0.05) is 5.56 Å². The summed E-state index contributed by atoms with van der Waals surface area (Å²) in [6.07, 6.45) is 0. The fourth-order valence-corrected chi connectivity index (χ4v) is 1.73. The number of aryl methyl sites for hydroxylation is 1. The smallest absolute Gasteiger partial charge is 0.119 e. The summed E-state index contributed by atoms with van der Waals surface area (Å²) in [6, 6.07) is 6.35. The van der Waals surface area contributed by atoms with Gasteiger partial charge in [0.05, 0.1) is 6.61 Å². The largest absolute Gasteiger partial charge is 0.494 e. The van der Waals surface area contributed by atoms with E-state index in [1.54, 1.807) is 0 Å². The van der Waals surface area contributed by atoms with Gasteiger partial charge in [0.15, 0.2) is 0 Å². The average Bonchev–Trinajstić information content (AvgIpc) is 2.28. The lowest BCUT2D eigenvalue weighted by Gasteiger charge is -2.13. The van der Waals surface area contributed by atoms with Crippen molar-refractivity contribution in [3.63, 3.8) is 0 Å². The fraction of sp³-hybridized carbons (Fsp3) is 0.375. The lowest BCUT2D eigenvalue weighted by atomic mass is 9.96. The first kappa shape index (κ1) is 13.6. The first-order valence-corrected chi connectivity index (χ1v) is 6.04. The lowest BCUT2D eigenvalue weighted by Crippen LogP contribution is -1.94. The first-order valence-electron chi connectivity index (χ1n) is 6.04. The molecule has 1 aromatic carbocycles. The van der Waals surface area contributed by atoms with Crippen LogP contribution < -0.4 is 0 Å². The Hall–Kier alpha value is -1.50. The van der Waals surface area contributed by atoms with Crippen LogP contribution in [0.3, 0.4) is 0 Å². The summed E-state index contributed by atoms with van der Waals surface area (Å²) in [5.74, 6) is 0.746. The zero-order valence-corrected chi connectivity index (χ0v) is 11.6. The Morgan fingerprint density at radius 1 is 1.24 bits per heavy atom. The molecule has 1 nitrogen and oxygen atoms in total. The molecule has 0 aromatic heterocycles. The molecule has 0 heterocycles. The highest BCUT2D eigenvalue weighted by Gasteiger charge is 2.06. The quantitative estimate of drug-likeness (QED) is 0.674. The molecule has 0 N–H and O–H groups in total. The number of hydrogen-bond donors (Lipinski definition) is 0. The fourth-order valence-electron chi connectivity index (χ4n) is 1.73. The lowest BCUT2D eigenvalue weighted by molar-refractivity contribution is 0.299. The maximum absolute atomic E-state index is 5.45. The van der Waals surface area contributed by atoms with Crippen LogP contribution in [0.15, 0.2) is 30.4 Å². The van der Waals surface area contributed by atoms with E-state index in [-0.39, 0.29) is 0 Å². The molecule has 1 rings (SSSR count). The van der Waals surface area contributed by atoms with Crippen LogP contribution in [0.2, 0.25) is 0 Å². The maximum atomic E-state index is 5.45. The molecule has 1 heteroatoms. The van der Waals surface area contributed by atoms with Crippen molar-refractivity contribution in [2.45, 2.75) is 34.6 Å². The topological polar surface area (TPSA) is 9.23 Å². The molecule has 0 bridgehead atoms. The zero-order valence-electron chi connectivity index (χ0n) is 11.6. The van der Waals surface area contributed by atoms with Crippen LogP contribution in [0.1, 0.15) is 44.4 Å². The van der Waals surface area contributed by atoms with Crippen molar-refractivity contribution in [3.8, 4) is 0 Å². The van der Waals surface area contributed by atoms with Gasteiger partial charge >= 0.3 is 0 Å². The molecule has 0 aliphatic carbocycles. The van der Waals surface area contributed by atoms with E-state index in [0.29, 0.717) is 6.61 Å². The van der Waals surface area contributed by atoms with Crippen molar-refractivity contribution in [1.82, 2.24) is 0 Å². The molecule has 1 aromatic rings. The summed E-state index contributed by atoms with van der Waals surface area (Å²) in [6.45, 7) is 15.1. The van der Waals surface area contributed by atoms with E-state index < -0.39 is 0 Å². The maximum Gasteiger partial charge on any atom is 0.119 e. The Balaban J connectivity index is 3.20. The van der Waals surface area contributed by atoms with Gasteiger partial charge in [-0.25, -0.2) is 0 Å². The van der Waals surface area contributed by atoms with Gasteiger partial charge in [-0.1, -0.05) is 24.3 Å². The molecule has 0 aliphatic heterocycles. The molecule has 0 radical (unpaired) electrons. The van der Waals surface area contributed by atoms with Crippen molar-refractivity contribution in [3.05, 3.63) is 47.0 Å². The molecule has 0 fully saturated rings. The summed E-state index contributed by atoms with van der Waals surface area (Å²) in [5.41, 5.74) is 6.30. The third kappa shape index (κ3) is 3.23. The van der Waals surface area contributed by atoms with Gasteiger partial charge in [-0.2, -0.15) is 0 Å². The predicted molar refractivity (Wildman–Crippen MR) is 75.8 cm³/mol. The molecule has 92 valence electrons. The Labute approximate surface area is 105 Å². The van der Waals surface area contributed by atoms with Crippen molar-refractivity contribution < 1.29 is 4.74 Å². The second kappa shape index (κ2) is 5.72. The summed E-state index contributed by atoms with van der Waals surface area (Å²) >= 11 is 0. The molecule has 0 saturated carbocycles. The normalized spacial score (nSPS) is 9.94. The zero-order chi connectivity index (χ0) is 13.0. The Morgan fingerprint density at radius 3 is 2.41 bits per heavy atom. The third-order valence-corrected chi connectivity index (χ3v) is 3.03. The van der Waals surface area contributed by atoms with Crippen LogP contribution in [0.25, 0.3) is 11.3 Å². The number of benzene rings is 1. The molecule has 0 unspecified atom stereocenters. The van der Waals surface area contributed by atoms with Gasteiger partial charge in [-0.05, 0) is 57.4 Å². The van der Waals surface area contributed by atoms with E-state index in [1.165, 1.54) is 22.3 Å². The molecule has 17 heavy (non-hydrogen) atoms. The van der Waals surface area contributed by atoms with Crippen molar-refractivity contribution >= 4 is 11.3 Å². The summed E-state index contributed by atoms with van der Waals surface area (Å²) in [7, 11) is 0. The van der Waals surface area contributed by atoms with Gasteiger partial charge in [0.1, 0.15) is 5.76 Å². The summed E-state index contributed by atoms with van der Waals surface area (Å²) in [5, 5.41) is 0. The average molecular weight is 230 g/mol. The summed E-state index contributed by atoms with van der Waals surface area (Å²) < 4.78 is 5.45. The van der Waals surface area contributed by atoms with Gasteiger partial charge in [-0.15, -0.1) is 0 Å². The predicted octanol–water partition coefficient (Wildman–Crippen LogP) is 4.82. The molecular formula is C16H22O. The Morgan fingerprint density at radius 2 is 1.88 bits per heavy atom. The number of hydrogen-bond acceptors (Lipinski definition) is 1. The van der Waals surface area contributed by atoms with Crippen LogP contribution in [-0.4, -0.2) is 6.61 Å². The monoisotopic (exact) mass is 230 g/mol. The second-order valence-corrected chi connectivity index (χ2v) is 4.51. The minimum atomic E-state index is 0.656. The Bertz CT molecular complexity index is 449. The van der Waals surface area contributed by atoms with Gasteiger partial charge in [0.25, 0.3) is 0 Å². The van der Waals surface area contributed by atoms with Crippen LogP contribution in [-0.2, 0) is 4.74 Å². The van der Waals surface area contributed by atoms with E-state index in [1.807, 2.05) is 6.92 Å². The number of allylic oxidation sites excluding steroid dienone is 2. The first-order chi connectivity index (χ1) is 7.97. The van der Waals surface area contributed by atoms with E-state index in [2.05, 4.69) is 52.5 Å². The highest BCUT2D eigenvalue weighted by atomic mass is 16.5. The van der Waals surface area contributed by atoms with Crippen LogP contribution >= 0.6 is 0 Å². The highest BCUT2D eigenvalue weighted by Crippen LogP contribution is 2.25. The molecule has 0 spiro atoms. The molecule has 0 atom stereocenters. The van der Waals surface area contributed by atoms with Gasteiger partial charge in [-0.3, -0.25) is 0 Å². The van der Waals surface area contributed by atoms with E-state index in [9.17, 15) is 0 Å². The van der Waals surface area contributed by atoms with E-state index in [4.69, 9.17) is 4.74 Å². The minimum Gasteiger partial charge on any atom is -0.494 e. The van der Waals surface area contributed by atoms with Crippen LogP contribution in [0.5, 0.6) is 0 Å². The third-order valence-electron chi connectivity index (χ3n) is 3.03. The highest BCUT2D eigenvalue weighted by molar-refractivity contribution is 5.72. The van der Waals surface area contributed by atoms with Crippen molar-refractivity contribution in [2.24, 2.45) is 0 Å². The van der Waals surface area contributed by atoms with Crippen LogP contribution in [0.4, 0.5) is 0 Å². The second-order valence-electron chi connectivity index (χ2n) is 4.51.